The maximum atomic E-state index is 13.1. The van der Waals surface area contributed by atoms with Crippen molar-refractivity contribution in [2.45, 2.75) is 0 Å². The first-order valence-electron chi connectivity index (χ1n) is 3.58. The summed E-state index contributed by atoms with van der Waals surface area (Å²) in [6, 6.07) is 7.03. The third kappa shape index (κ3) is 2.73. The fraction of sp³-hybridized carbons (Fsp3) is 0.333. The van der Waals surface area contributed by atoms with Crippen molar-refractivity contribution in [1.29, 1.82) is 0 Å². The predicted octanol–water partition coefficient (Wildman–Crippen LogP) is -0.638. The van der Waals surface area contributed by atoms with Crippen LogP contribution in [0.2, 0.25) is 0 Å². The van der Waals surface area contributed by atoms with Crippen LogP contribution >= 0.6 is 7.26 Å². The quantitative estimate of drug-likeness (QED) is 0.537. The first-order valence-corrected chi connectivity index (χ1v) is 6.71. The highest BCUT2D eigenvalue weighted by Gasteiger charge is 2.24. The normalized spacial score (nSPS) is 10.7. The lowest BCUT2D eigenvalue weighted by Gasteiger charge is -2.11. The third-order valence-corrected chi connectivity index (χ3v) is 3.38. The highest BCUT2D eigenvalue weighted by molar-refractivity contribution is 7.80. The Morgan fingerprint density at radius 3 is 1.92 bits per heavy atom. The summed E-state index contributed by atoms with van der Waals surface area (Å²) in [6.45, 7) is 6.35. The van der Waals surface area contributed by atoms with Crippen molar-refractivity contribution in [3.63, 3.8) is 0 Å². The van der Waals surface area contributed by atoms with Crippen LogP contribution in [0, 0.1) is 5.82 Å². The van der Waals surface area contributed by atoms with Gasteiger partial charge in [0.25, 0.3) is 0 Å². The Labute approximate surface area is 79.9 Å². The number of benzene rings is 1. The molecule has 3 heteroatoms. The van der Waals surface area contributed by atoms with E-state index in [1.807, 2.05) is 12.1 Å². The molecule has 0 saturated heterocycles. The molecule has 0 aromatic heterocycles. The fourth-order valence-electron chi connectivity index (χ4n) is 0.996. The van der Waals surface area contributed by atoms with Crippen LogP contribution in [0.5, 0.6) is 0 Å². The molecule has 0 spiro atoms. The first kappa shape index (κ1) is 11.9. The highest BCUT2D eigenvalue weighted by Crippen LogP contribution is 2.45. The van der Waals surface area contributed by atoms with Crippen LogP contribution in [-0.4, -0.2) is 20.0 Å². The van der Waals surface area contributed by atoms with Gasteiger partial charge >= 0.3 is 0 Å². The van der Waals surface area contributed by atoms with Gasteiger partial charge in [-0.1, -0.05) is 12.1 Å². The second-order valence-electron chi connectivity index (χ2n) is 3.46. The summed E-state index contributed by atoms with van der Waals surface area (Å²) in [5, 5.41) is 0.889. The predicted molar refractivity (Wildman–Crippen MR) is 50.7 cm³/mol. The van der Waals surface area contributed by atoms with Crippen molar-refractivity contribution in [2.75, 3.05) is 20.0 Å². The summed E-state index contributed by atoms with van der Waals surface area (Å²) in [4.78, 5) is 0. The largest absolute Gasteiger partial charge is 1.00 e. The molecule has 0 unspecified atom stereocenters. The van der Waals surface area contributed by atoms with E-state index in [0.29, 0.717) is 0 Å². The molecule has 0 heterocycles. The summed E-state index contributed by atoms with van der Waals surface area (Å²) in [5.41, 5.74) is 0. The summed E-state index contributed by atoms with van der Waals surface area (Å²) in [5.74, 6) is -0.0617. The van der Waals surface area contributed by atoms with Gasteiger partial charge in [-0.15, -0.1) is 0 Å². The molecule has 0 bridgehead atoms. The van der Waals surface area contributed by atoms with Crippen LogP contribution < -0.4 is 17.7 Å². The topological polar surface area (TPSA) is 0 Å². The molecule has 1 aromatic carbocycles. The third-order valence-electron chi connectivity index (χ3n) is 1.58. The van der Waals surface area contributed by atoms with Gasteiger partial charge in [0.2, 0.25) is 0 Å². The number of hydrogen-bond acceptors (Lipinski definition) is 0. The highest BCUT2D eigenvalue weighted by atomic mass is 35.5. The smallest absolute Gasteiger partial charge is 0.165 e. The zero-order valence-electron chi connectivity index (χ0n) is 7.51. The molecular weight excluding hydrogens is 194 g/mol. The van der Waals surface area contributed by atoms with E-state index in [4.69, 9.17) is 0 Å². The van der Waals surface area contributed by atoms with Crippen LogP contribution in [-0.2, 0) is 0 Å². The number of hydrogen-bond donors (Lipinski definition) is 0. The Bertz CT molecular complexity index is 255. The molecule has 0 aliphatic heterocycles. The van der Waals surface area contributed by atoms with Gasteiger partial charge in [0.1, 0.15) is 5.30 Å². The molecule has 1 rings (SSSR count). The average molecular weight is 207 g/mol. The molecule has 0 radical (unpaired) electrons. The van der Waals surface area contributed by atoms with E-state index in [2.05, 4.69) is 20.0 Å². The summed E-state index contributed by atoms with van der Waals surface area (Å²) in [7, 11) is -1.18. The van der Waals surface area contributed by atoms with E-state index in [9.17, 15) is 4.39 Å². The molecule has 0 aliphatic carbocycles. The van der Waals surface area contributed by atoms with Gasteiger partial charge in [-0.05, 0) is 12.1 Å². The summed E-state index contributed by atoms with van der Waals surface area (Å²) < 4.78 is 13.1. The SMILES string of the molecule is C[P+](C)(C)c1ccccc1F.[Cl-]. The van der Waals surface area contributed by atoms with Gasteiger partial charge in [0.15, 0.2) is 5.82 Å². The van der Waals surface area contributed by atoms with Gasteiger partial charge < -0.3 is 12.4 Å². The van der Waals surface area contributed by atoms with E-state index >= 15 is 0 Å². The van der Waals surface area contributed by atoms with Crippen LogP contribution in [0.1, 0.15) is 0 Å². The lowest BCUT2D eigenvalue weighted by molar-refractivity contribution is -0.00000309. The van der Waals surface area contributed by atoms with E-state index in [1.165, 1.54) is 6.07 Å². The fourth-order valence-corrected chi connectivity index (χ4v) is 2.24. The summed E-state index contributed by atoms with van der Waals surface area (Å²) >= 11 is 0. The Morgan fingerprint density at radius 1 is 1.08 bits per heavy atom. The second-order valence-corrected chi connectivity index (χ2v) is 7.97. The van der Waals surface area contributed by atoms with Crippen molar-refractivity contribution in [3.05, 3.63) is 30.1 Å². The number of halogens is 2. The van der Waals surface area contributed by atoms with Crippen molar-refractivity contribution >= 4 is 12.6 Å². The standard InChI is InChI=1S/C9H13FP.ClH/c1-11(2,3)9-7-5-4-6-8(9)10;/h4-7H,1-3H3;1H/q+1;/p-1. The van der Waals surface area contributed by atoms with Gasteiger partial charge in [0, 0.05) is 7.26 Å². The Hall–Kier alpha value is -0.130. The maximum absolute atomic E-state index is 13.1. The van der Waals surface area contributed by atoms with E-state index < -0.39 is 7.26 Å². The maximum Gasteiger partial charge on any atom is 0.165 e. The van der Waals surface area contributed by atoms with Crippen LogP contribution in [0.25, 0.3) is 0 Å². The molecular formula is C9H13ClFP. The van der Waals surface area contributed by atoms with Crippen molar-refractivity contribution in [3.8, 4) is 0 Å². The zero-order chi connectivity index (χ0) is 8.48. The summed E-state index contributed by atoms with van der Waals surface area (Å²) in [6.07, 6.45) is 0. The van der Waals surface area contributed by atoms with Crippen LogP contribution in [0.3, 0.4) is 0 Å². The molecule has 0 N–H and O–H groups in total. The molecule has 0 saturated carbocycles. The molecule has 0 amide bonds. The van der Waals surface area contributed by atoms with Crippen molar-refractivity contribution in [1.82, 2.24) is 0 Å². The van der Waals surface area contributed by atoms with Gasteiger partial charge in [-0.2, -0.15) is 0 Å². The molecule has 12 heavy (non-hydrogen) atoms. The minimum absolute atomic E-state index is 0. The van der Waals surface area contributed by atoms with Crippen LogP contribution in [0.4, 0.5) is 4.39 Å². The molecule has 0 fully saturated rings. The van der Waals surface area contributed by atoms with E-state index in [-0.39, 0.29) is 18.2 Å². The van der Waals surface area contributed by atoms with Gasteiger partial charge in [0.05, 0.1) is 20.0 Å². The number of rotatable bonds is 1. The first-order chi connectivity index (χ1) is 5.02. The molecule has 0 nitrogen and oxygen atoms in total. The Balaban J connectivity index is 0.00000121. The molecule has 0 atom stereocenters. The average Bonchev–Trinajstić information content (AvgIpc) is 1.86. The monoisotopic (exact) mass is 206 g/mol. The van der Waals surface area contributed by atoms with Crippen LogP contribution in [0.15, 0.2) is 24.3 Å². The molecule has 68 valence electrons. The lowest BCUT2D eigenvalue weighted by Crippen LogP contribution is -3.00. The Morgan fingerprint density at radius 2 is 1.58 bits per heavy atom. The minimum atomic E-state index is -1.18. The van der Waals surface area contributed by atoms with Crippen molar-refractivity contribution in [2.24, 2.45) is 0 Å². The Kier molecular flexibility index (Phi) is 4.16. The van der Waals surface area contributed by atoms with Gasteiger partial charge in [-0.25, -0.2) is 4.39 Å². The molecule has 0 aliphatic rings. The van der Waals surface area contributed by atoms with Crippen molar-refractivity contribution < 1.29 is 16.8 Å². The lowest BCUT2D eigenvalue weighted by atomic mass is 10.3. The van der Waals surface area contributed by atoms with Gasteiger partial charge in [-0.3, -0.25) is 0 Å². The van der Waals surface area contributed by atoms with E-state index in [0.717, 1.165) is 5.30 Å². The second kappa shape index (κ2) is 4.20. The molecule has 1 aromatic rings. The zero-order valence-corrected chi connectivity index (χ0v) is 9.16. The minimum Gasteiger partial charge on any atom is -1.00 e. The van der Waals surface area contributed by atoms with E-state index in [1.54, 1.807) is 6.07 Å².